The molecule has 0 aliphatic carbocycles. The molecule has 0 heterocycles. The standard InChI is InChI=1S/C10H19NO5/c1-8(9(15)16-2)3-4-11-10(5-12,6-13)7-14/h3,11-14H,4-7H2,1-2H3. The third kappa shape index (κ3) is 4.28. The van der Waals surface area contributed by atoms with Gasteiger partial charge in [0.2, 0.25) is 0 Å². The molecule has 0 aliphatic heterocycles. The summed E-state index contributed by atoms with van der Waals surface area (Å²) in [5.74, 6) is -0.440. The van der Waals surface area contributed by atoms with E-state index in [1.54, 1.807) is 13.0 Å². The number of carbonyl (C=O) groups is 1. The van der Waals surface area contributed by atoms with Crippen LogP contribution >= 0.6 is 0 Å². The fraction of sp³-hybridized carbons (Fsp3) is 0.700. The highest BCUT2D eigenvalue weighted by molar-refractivity contribution is 5.87. The second-order valence-corrected chi connectivity index (χ2v) is 3.51. The maximum Gasteiger partial charge on any atom is 0.333 e. The van der Waals surface area contributed by atoms with Gasteiger partial charge in [0.1, 0.15) is 0 Å². The van der Waals surface area contributed by atoms with E-state index in [1.807, 2.05) is 0 Å². The molecule has 0 saturated heterocycles. The van der Waals surface area contributed by atoms with Gasteiger partial charge in [-0.3, -0.25) is 0 Å². The van der Waals surface area contributed by atoms with Crippen molar-refractivity contribution < 1.29 is 24.9 Å². The molecule has 94 valence electrons. The number of rotatable bonds is 7. The topological polar surface area (TPSA) is 99.0 Å². The van der Waals surface area contributed by atoms with Crippen LogP contribution in [0.4, 0.5) is 0 Å². The predicted octanol–water partition coefficient (Wildman–Crippen LogP) is -1.59. The molecule has 0 fully saturated rings. The van der Waals surface area contributed by atoms with Crippen molar-refractivity contribution in [2.45, 2.75) is 12.5 Å². The molecule has 0 bridgehead atoms. The lowest BCUT2D eigenvalue weighted by Crippen LogP contribution is -2.54. The van der Waals surface area contributed by atoms with Crippen LogP contribution in [0.15, 0.2) is 11.6 Å². The highest BCUT2D eigenvalue weighted by atomic mass is 16.5. The average Bonchev–Trinajstić information content (AvgIpc) is 2.34. The van der Waals surface area contributed by atoms with Crippen LogP contribution in [0.3, 0.4) is 0 Å². The number of nitrogens with one attached hydrogen (secondary N) is 1. The van der Waals surface area contributed by atoms with E-state index in [0.717, 1.165) is 0 Å². The zero-order valence-corrected chi connectivity index (χ0v) is 9.56. The molecular formula is C10H19NO5. The van der Waals surface area contributed by atoms with E-state index in [4.69, 9.17) is 15.3 Å². The summed E-state index contributed by atoms with van der Waals surface area (Å²) in [6, 6.07) is 0. The Bertz CT molecular complexity index is 239. The van der Waals surface area contributed by atoms with Crippen molar-refractivity contribution in [2.24, 2.45) is 0 Å². The molecule has 0 aromatic rings. The lowest BCUT2D eigenvalue weighted by molar-refractivity contribution is -0.136. The van der Waals surface area contributed by atoms with Crippen molar-refractivity contribution in [2.75, 3.05) is 33.5 Å². The number of aliphatic hydroxyl groups excluding tert-OH is 3. The van der Waals surface area contributed by atoms with Crippen molar-refractivity contribution in [3.05, 3.63) is 11.6 Å². The highest BCUT2D eigenvalue weighted by Crippen LogP contribution is 2.02. The monoisotopic (exact) mass is 233 g/mol. The quantitative estimate of drug-likeness (QED) is 0.312. The predicted molar refractivity (Wildman–Crippen MR) is 57.8 cm³/mol. The molecule has 0 aliphatic rings. The lowest BCUT2D eigenvalue weighted by atomic mass is 10.0. The minimum atomic E-state index is -1.13. The van der Waals surface area contributed by atoms with Crippen LogP contribution in [0.2, 0.25) is 0 Å². The van der Waals surface area contributed by atoms with Gasteiger partial charge in [-0.15, -0.1) is 0 Å². The van der Waals surface area contributed by atoms with Crippen molar-refractivity contribution in [1.29, 1.82) is 0 Å². The third-order valence-corrected chi connectivity index (χ3v) is 2.30. The Morgan fingerprint density at radius 2 is 1.81 bits per heavy atom. The summed E-state index contributed by atoms with van der Waals surface area (Å²) in [4.78, 5) is 11.0. The van der Waals surface area contributed by atoms with Crippen LogP contribution in [0, 0.1) is 0 Å². The van der Waals surface area contributed by atoms with Crippen LogP contribution < -0.4 is 5.32 Å². The second-order valence-electron chi connectivity index (χ2n) is 3.51. The van der Waals surface area contributed by atoms with Gasteiger partial charge >= 0.3 is 5.97 Å². The Labute approximate surface area is 94.5 Å². The fourth-order valence-corrected chi connectivity index (χ4v) is 0.983. The van der Waals surface area contributed by atoms with E-state index in [-0.39, 0.29) is 6.54 Å². The third-order valence-electron chi connectivity index (χ3n) is 2.30. The average molecular weight is 233 g/mol. The summed E-state index contributed by atoms with van der Waals surface area (Å²) in [7, 11) is 1.28. The van der Waals surface area contributed by atoms with E-state index < -0.39 is 31.3 Å². The van der Waals surface area contributed by atoms with E-state index >= 15 is 0 Å². The maximum atomic E-state index is 11.0. The van der Waals surface area contributed by atoms with Gasteiger partial charge in [0, 0.05) is 12.1 Å². The Balaban J connectivity index is 4.28. The molecule has 0 spiro atoms. The molecule has 0 amide bonds. The first kappa shape index (κ1) is 15.0. The summed E-state index contributed by atoms with van der Waals surface area (Å²) < 4.78 is 4.49. The van der Waals surface area contributed by atoms with E-state index in [0.29, 0.717) is 5.57 Å². The second kappa shape index (κ2) is 7.34. The number of methoxy groups -OCH3 is 1. The van der Waals surface area contributed by atoms with Crippen molar-refractivity contribution in [3.8, 4) is 0 Å². The number of carbonyl (C=O) groups excluding carboxylic acids is 1. The summed E-state index contributed by atoms with van der Waals surface area (Å²) in [6.07, 6.45) is 1.56. The molecule has 0 saturated carbocycles. The molecule has 0 aromatic carbocycles. The molecule has 0 aromatic heterocycles. The number of hydrogen-bond acceptors (Lipinski definition) is 6. The van der Waals surface area contributed by atoms with Gasteiger partial charge in [-0.25, -0.2) is 4.79 Å². The Morgan fingerprint density at radius 1 is 1.31 bits per heavy atom. The van der Waals surface area contributed by atoms with E-state index in [1.165, 1.54) is 7.11 Å². The number of aliphatic hydroxyl groups is 3. The molecule has 16 heavy (non-hydrogen) atoms. The summed E-state index contributed by atoms with van der Waals surface area (Å²) in [5.41, 5.74) is -0.717. The van der Waals surface area contributed by atoms with Gasteiger partial charge in [-0.05, 0) is 6.92 Å². The zero-order chi connectivity index (χ0) is 12.6. The van der Waals surface area contributed by atoms with Crippen molar-refractivity contribution >= 4 is 5.97 Å². The Morgan fingerprint density at radius 3 is 2.19 bits per heavy atom. The minimum absolute atomic E-state index is 0.239. The minimum Gasteiger partial charge on any atom is -0.466 e. The van der Waals surface area contributed by atoms with Crippen molar-refractivity contribution in [3.63, 3.8) is 0 Å². The Kier molecular flexibility index (Phi) is 6.91. The summed E-state index contributed by atoms with van der Waals surface area (Å²) in [6.45, 7) is 0.635. The largest absolute Gasteiger partial charge is 0.466 e. The van der Waals surface area contributed by atoms with Gasteiger partial charge in [-0.1, -0.05) is 6.08 Å². The molecule has 0 radical (unpaired) electrons. The fourth-order valence-electron chi connectivity index (χ4n) is 0.983. The van der Waals surface area contributed by atoms with Gasteiger partial charge in [0.25, 0.3) is 0 Å². The number of ether oxygens (including phenoxy) is 1. The van der Waals surface area contributed by atoms with E-state index in [9.17, 15) is 4.79 Å². The molecular weight excluding hydrogens is 214 g/mol. The number of esters is 1. The van der Waals surface area contributed by atoms with Crippen LogP contribution in [0.5, 0.6) is 0 Å². The number of hydrogen-bond donors (Lipinski definition) is 4. The van der Waals surface area contributed by atoms with Crippen molar-refractivity contribution in [1.82, 2.24) is 5.32 Å². The summed E-state index contributed by atoms with van der Waals surface area (Å²) >= 11 is 0. The molecule has 6 heteroatoms. The molecule has 0 atom stereocenters. The van der Waals surface area contributed by atoms with Crippen LogP contribution in [-0.2, 0) is 9.53 Å². The lowest BCUT2D eigenvalue weighted by Gasteiger charge is -2.28. The molecule has 6 nitrogen and oxygen atoms in total. The first-order valence-electron chi connectivity index (χ1n) is 4.88. The highest BCUT2D eigenvalue weighted by Gasteiger charge is 2.26. The zero-order valence-electron chi connectivity index (χ0n) is 9.56. The molecule has 0 rings (SSSR count). The van der Waals surface area contributed by atoms with Crippen LogP contribution in [0.1, 0.15) is 6.92 Å². The van der Waals surface area contributed by atoms with Gasteiger partial charge < -0.3 is 25.4 Å². The smallest absolute Gasteiger partial charge is 0.333 e. The summed E-state index contributed by atoms with van der Waals surface area (Å²) in [5, 5.41) is 29.8. The van der Waals surface area contributed by atoms with Gasteiger partial charge in [0.05, 0.1) is 32.5 Å². The molecule has 4 N–H and O–H groups in total. The Hall–Kier alpha value is -0.950. The van der Waals surface area contributed by atoms with Crippen LogP contribution in [-0.4, -0.2) is 60.3 Å². The maximum absolute atomic E-state index is 11.0. The molecule has 0 unspecified atom stereocenters. The van der Waals surface area contributed by atoms with E-state index in [2.05, 4.69) is 10.1 Å². The van der Waals surface area contributed by atoms with Crippen LogP contribution in [0.25, 0.3) is 0 Å². The first-order chi connectivity index (χ1) is 7.55. The SMILES string of the molecule is COC(=O)C(C)=CCNC(CO)(CO)CO. The normalized spacial score (nSPS) is 12.7. The van der Waals surface area contributed by atoms with Gasteiger partial charge in [-0.2, -0.15) is 0 Å². The first-order valence-corrected chi connectivity index (χ1v) is 4.88. The van der Waals surface area contributed by atoms with Gasteiger partial charge in [0.15, 0.2) is 0 Å².